The van der Waals surface area contributed by atoms with Crippen LogP contribution in [0.15, 0.2) is 30.3 Å². The molecule has 25 heavy (non-hydrogen) atoms. The van der Waals surface area contributed by atoms with E-state index in [9.17, 15) is 24.6 Å². The fourth-order valence-corrected chi connectivity index (χ4v) is 2.87. The molecule has 0 unspecified atom stereocenters. The Labute approximate surface area is 143 Å². The quantitative estimate of drug-likeness (QED) is 0.422. The number of phenols is 2. The predicted octanol–water partition coefficient (Wildman–Crippen LogP) is 1.42. The van der Waals surface area contributed by atoms with Gasteiger partial charge in [-0.2, -0.15) is 0 Å². The number of nitrogens with one attached hydrogen (secondary N) is 2. The van der Waals surface area contributed by atoms with E-state index in [0.717, 1.165) is 0 Å². The van der Waals surface area contributed by atoms with Gasteiger partial charge in [0.15, 0.2) is 11.6 Å². The molecule has 0 spiro atoms. The summed E-state index contributed by atoms with van der Waals surface area (Å²) in [6.07, 6.45) is 0. The van der Waals surface area contributed by atoms with Crippen LogP contribution in [-0.4, -0.2) is 40.8 Å². The summed E-state index contributed by atoms with van der Waals surface area (Å²) in [4.78, 5) is 36.4. The zero-order chi connectivity index (χ0) is 18.1. The van der Waals surface area contributed by atoms with Crippen molar-refractivity contribution >= 4 is 23.2 Å². The summed E-state index contributed by atoms with van der Waals surface area (Å²) >= 11 is 0. The lowest BCUT2D eigenvalue weighted by Crippen LogP contribution is -2.28. The predicted molar refractivity (Wildman–Crippen MR) is 90.3 cm³/mol. The summed E-state index contributed by atoms with van der Waals surface area (Å²) in [6.45, 7) is 2.11. The second-order valence-corrected chi connectivity index (χ2v) is 5.65. The molecule has 1 aliphatic rings. The molecule has 2 aromatic carbocycles. The average molecular weight is 340 g/mol. The molecule has 0 aliphatic heterocycles. The SMILES string of the molecule is CC(=O)NCCNc1cccc2c1C(=O)c1c(O)ccc(O)c1C2=O. The van der Waals surface area contributed by atoms with Crippen LogP contribution in [0.3, 0.4) is 0 Å². The number of carbonyl (C=O) groups is 3. The highest BCUT2D eigenvalue weighted by atomic mass is 16.3. The largest absolute Gasteiger partial charge is 0.507 e. The van der Waals surface area contributed by atoms with Gasteiger partial charge < -0.3 is 20.8 Å². The van der Waals surface area contributed by atoms with Gasteiger partial charge in [-0.05, 0) is 18.2 Å². The molecule has 7 nitrogen and oxygen atoms in total. The van der Waals surface area contributed by atoms with Crippen LogP contribution < -0.4 is 10.6 Å². The molecule has 0 heterocycles. The summed E-state index contributed by atoms with van der Waals surface area (Å²) in [6, 6.07) is 7.12. The van der Waals surface area contributed by atoms with Gasteiger partial charge in [-0.25, -0.2) is 0 Å². The first-order valence-electron chi connectivity index (χ1n) is 7.67. The molecule has 0 bridgehead atoms. The third kappa shape index (κ3) is 2.80. The fourth-order valence-electron chi connectivity index (χ4n) is 2.87. The van der Waals surface area contributed by atoms with Gasteiger partial charge in [-0.1, -0.05) is 12.1 Å². The number of rotatable bonds is 4. The third-order valence-electron chi connectivity index (χ3n) is 3.97. The van der Waals surface area contributed by atoms with Crippen molar-refractivity contribution in [3.63, 3.8) is 0 Å². The first kappa shape index (κ1) is 16.5. The highest BCUT2D eigenvalue weighted by Gasteiger charge is 2.35. The molecule has 7 heteroatoms. The Bertz CT molecular complexity index is 905. The van der Waals surface area contributed by atoms with E-state index < -0.39 is 11.6 Å². The minimum atomic E-state index is -0.541. The summed E-state index contributed by atoms with van der Waals surface area (Å²) in [5, 5.41) is 25.6. The Hall–Kier alpha value is -3.35. The molecular formula is C18H16N2O5. The number of aromatic hydroxyl groups is 2. The molecule has 128 valence electrons. The minimum absolute atomic E-state index is 0.142. The Balaban J connectivity index is 2.01. The standard InChI is InChI=1S/C18H16N2O5/c1-9(21)19-7-8-20-11-4-2-3-10-14(11)18(25)16-13(23)6-5-12(22)15(16)17(10)24/h2-6,20,22-23H,7-8H2,1H3,(H,19,21). The normalized spacial score (nSPS) is 12.4. The Morgan fingerprint density at radius 3 is 2.20 bits per heavy atom. The molecule has 0 aromatic heterocycles. The van der Waals surface area contributed by atoms with Crippen LogP contribution >= 0.6 is 0 Å². The van der Waals surface area contributed by atoms with Gasteiger partial charge in [0.2, 0.25) is 5.91 Å². The average Bonchev–Trinajstić information content (AvgIpc) is 2.58. The Kier molecular flexibility index (Phi) is 4.14. The van der Waals surface area contributed by atoms with Crippen molar-refractivity contribution in [3.8, 4) is 11.5 Å². The summed E-state index contributed by atoms with van der Waals surface area (Å²) in [7, 11) is 0. The highest BCUT2D eigenvalue weighted by molar-refractivity contribution is 6.31. The lowest BCUT2D eigenvalue weighted by atomic mass is 9.82. The maximum Gasteiger partial charge on any atom is 0.216 e. The maximum absolute atomic E-state index is 12.9. The van der Waals surface area contributed by atoms with Crippen molar-refractivity contribution in [2.24, 2.45) is 0 Å². The van der Waals surface area contributed by atoms with Crippen LogP contribution in [0.5, 0.6) is 11.5 Å². The lowest BCUT2D eigenvalue weighted by Gasteiger charge is -2.22. The van der Waals surface area contributed by atoms with Crippen molar-refractivity contribution in [1.82, 2.24) is 5.32 Å². The van der Waals surface area contributed by atoms with Gasteiger partial charge >= 0.3 is 0 Å². The minimum Gasteiger partial charge on any atom is -0.507 e. The first-order valence-corrected chi connectivity index (χ1v) is 7.67. The molecule has 0 saturated heterocycles. The molecule has 0 atom stereocenters. The number of carbonyl (C=O) groups excluding carboxylic acids is 3. The molecule has 1 amide bonds. The molecular weight excluding hydrogens is 324 g/mol. The number of fused-ring (bicyclic) bond motifs is 2. The fraction of sp³-hybridized carbons (Fsp3) is 0.167. The summed E-state index contributed by atoms with van der Waals surface area (Å²) < 4.78 is 0. The topological polar surface area (TPSA) is 116 Å². The molecule has 4 N–H and O–H groups in total. The summed E-state index contributed by atoms with van der Waals surface area (Å²) in [5.41, 5.74) is 0.336. The van der Waals surface area contributed by atoms with E-state index in [4.69, 9.17) is 0 Å². The van der Waals surface area contributed by atoms with Gasteiger partial charge in [-0.15, -0.1) is 0 Å². The lowest BCUT2D eigenvalue weighted by molar-refractivity contribution is -0.118. The van der Waals surface area contributed by atoms with Crippen molar-refractivity contribution < 1.29 is 24.6 Å². The molecule has 3 rings (SSSR count). The molecule has 1 aliphatic carbocycles. The monoisotopic (exact) mass is 340 g/mol. The summed E-state index contributed by atoms with van der Waals surface area (Å²) in [5.74, 6) is -1.94. The zero-order valence-corrected chi connectivity index (χ0v) is 13.4. The van der Waals surface area contributed by atoms with E-state index in [1.165, 1.54) is 25.1 Å². The second-order valence-electron chi connectivity index (χ2n) is 5.65. The smallest absolute Gasteiger partial charge is 0.216 e. The van der Waals surface area contributed by atoms with Gasteiger partial charge in [0, 0.05) is 31.3 Å². The van der Waals surface area contributed by atoms with Crippen LogP contribution in [0.4, 0.5) is 5.69 Å². The number of phenolic OH excluding ortho intramolecular Hbond substituents is 2. The van der Waals surface area contributed by atoms with Crippen LogP contribution in [-0.2, 0) is 4.79 Å². The van der Waals surface area contributed by atoms with E-state index in [1.807, 2.05) is 0 Å². The van der Waals surface area contributed by atoms with E-state index in [0.29, 0.717) is 18.8 Å². The number of amides is 1. The number of ketones is 2. The van der Waals surface area contributed by atoms with E-state index in [-0.39, 0.29) is 39.7 Å². The number of hydrogen-bond donors (Lipinski definition) is 4. The maximum atomic E-state index is 12.9. The molecule has 0 saturated carbocycles. The zero-order valence-electron chi connectivity index (χ0n) is 13.4. The second kappa shape index (κ2) is 6.27. The molecule has 0 fully saturated rings. The van der Waals surface area contributed by atoms with Crippen LogP contribution in [0.1, 0.15) is 38.8 Å². The Morgan fingerprint density at radius 2 is 1.56 bits per heavy atom. The first-order chi connectivity index (χ1) is 11.9. The molecule has 0 radical (unpaired) electrons. The number of hydrogen-bond acceptors (Lipinski definition) is 6. The molecule has 2 aromatic rings. The Morgan fingerprint density at radius 1 is 0.920 bits per heavy atom. The third-order valence-corrected chi connectivity index (χ3v) is 3.97. The van der Waals surface area contributed by atoms with Crippen molar-refractivity contribution in [1.29, 1.82) is 0 Å². The number of anilines is 1. The van der Waals surface area contributed by atoms with Crippen LogP contribution in [0.25, 0.3) is 0 Å². The van der Waals surface area contributed by atoms with E-state index in [1.54, 1.807) is 12.1 Å². The number of benzene rings is 2. The highest BCUT2D eigenvalue weighted by Crippen LogP contribution is 2.39. The van der Waals surface area contributed by atoms with Crippen molar-refractivity contribution in [2.75, 3.05) is 18.4 Å². The van der Waals surface area contributed by atoms with Gasteiger partial charge in [0.05, 0.1) is 16.7 Å². The van der Waals surface area contributed by atoms with Crippen LogP contribution in [0.2, 0.25) is 0 Å². The van der Waals surface area contributed by atoms with E-state index in [2.05, 4.69) is 10.6 Å². The van der Waals surface area contributed by atoms with Crippen molar-refractivity contribution in [3.05, 3.63) is 52.6 Å². The van der Waals surface area contributed by atoms with Gasteiger partial charge in [0.1, 0.15) is 11.5 Å². The van der Waals surface area contributed by atoms with Crippen molar-refractivity contribution in [2.45, 2.75) is 6.92 Å². The van der Waals surface area contributed by atoms with E-state index >= 15 is 0 Å². The van der Waals surface area contributed by atoms with Crippen LogP contribution in [0, 0.1) is 0 Å². The van der Waals surface area contributed by atoms with Gasteiger partial charge in [-0.3, -0.25) is 14.4 Å². The van der Waals surface area contributed by atoms with Gasteiger partial charge in [0.25, 0.3) is 0 Å².